The van der Waals surface area contributed by atoms with Crippen molar-refractivity contribution >= 4 is 44.9 Å². The van der Waals surface area contributed by atoms with Crippen LogP contribution in [0.25, 0.3) is 5.69 Å². The molecule has 0 unspecified atom stereocenters. The van der Waals surface area contributed by atoms with Crippen LogP contribution in [0.1, 0.15) is 39.4 Å². The van der Waals surface area contributed by atoms with Crippen molar-refractivity contribution in [3.8, 4) is 5.69 Å². The molecular weight excluding hydrogens is 524 g/mol. The highest BCUT2D eigenvalue weighted by molar-refractivity contribution is 9.10. The van der Waals surface area contributed by atoms with E-state index in [4.69, 9.17) is 17.0 Å². The van der Waals surface area contributed by atoms with Crippen LogP contribution in [0.4, 0.5) is 5.69 Å². The van der Waals surface area contributed by atoms with Gasteiger partial charge in [-0.2, -0.15) is 0 Å². The Morgan fingerprint density at radius 3 is 2.63 bits per heavy atom. The van der Waals surface area contributed by atoms with Crippen molar-refractivity contribution in [2.75, 3.05) is 12.0 Å². The Hall–Kier alpha value is -3.49. The van der Waals surface area contributed by atoms with E-state index in [0.717, 1.165) is 32.8 Å². The first kappa shape index (κ1) is 23.3. The van der Waals surface area contributed by atoms with E-state index in [1.165, 1.54) is 7.11 Å². The van der Waals surface area contributed by atoms with Crippen LogP contribution >= 0.6 is 28.1 Å². The van der Waals surface area contributed by atoms with Crippen LogP contribution in [-0.4, -0.2) is 27.7 Å². The Balaban J connectivity index is 1.70. The lowest BCUT2D eigenvalue weighted by Crippen LogP contribution is -2.30. The maximum Gasteiger partial charge on any atom is 0.339 e. The third-order valence-electron chi connectivity index (χ3n) is 6.17. The molecule has 1 fully saturated rings. The van der Waals surface area contributed by atoms with E-state index in [-0.39, 0.29) is 18.1 Å². The summed E-state index contributed by atoms with van der Waals surface area (Å²) in [7, 11) is 1.39. The Kier molecular flexibility index (Phi) is 6.40. The van der Waals surface area contributed by atoms with Crippen molar-refractivity contribution < 1.29 is 9.53 Å². The number of pyridine rings is 1. The Bertz CT molecular complexity index is 1410. The summed E-state index contributed by atoms with van der Waals surface area (Å²) < 4.78 is 8.12. The van der Waals surface area contributed by atoms with E-state index < -0.39 is 0 Å². The van der Waals surface area contributed by atoms with Crippen molar-refractivity contribution in [1.82, 2.24) is 14.9 Å². The molecule has 2 aromatic carbocycles. The molecule has 5 rings (SSSR count). The summed E-state index contributed by atoms with van der Waals surface area (Å²) >= 11 is 9.47. The van der Waals surface area contributed by atoms with Gasteiger partial charge in [0.2, 0.25) is 0 Å². The van der Waals surface area contributed by atoms with Crippen LogP contribution in [0.15, 0.2) is 89.7 Å². The number of hydrogen-bond donors (Lipinski definition) is 1. The van der Waals surface area contributed by atoms with Gasteiger partial charge in [0.1, 0.15) is 6.04 Å². The molecule has 1 N–H and O–H groups in total. The normalized spacial score (nSPS) is 17.3. The number of carbonyl (C=O) groups is 1. The first-order chi connectivity index (χ1) is 17.0. The Labute approximate surface area is 217 Å². The monoisotopic (exact) mass is 546 g/mol. The third kappa shape index (κ3) is 4.24. The minimum Gasteiger partial charge on any atom is -0.465 e. The van der Waals surface area contributed by atoms with E-state index in [9.17, 15) is 4.79 Å². The second kappa shape index (κ2) is 9.64. The minimum atomic E-state index is -0.387. The number of thiocarbonyl (C=S) groups is 1. The molecule has 176 valence electrons. The number of para-hydroxylation sites is 1. The fourth-order valence-corrected chi connectivity index (χ4v) is 5.13. The number of hydrogen-bond acceptors (Lipinski definition) is 4. The van der Waals surface area contributed by atoms with Gasteiger partial charge in [-0.25, -0.2) is 4.79 Å². The number of anilines is 1. The number of halogens is 1. The second-order valence-electron chi connectivity index (χ2n) is 8.24. The highest BCUT2D eigenvalue weighted by Gasteiger charge is 2.42. The zero-order chi connectivity index (χ0) is 24.5. The van der Waals surface area contributed by atoms with Gasteiger partial charge in [-0.1, -0.05) is 34.1 Å². The molecule has 1 saturated heterocycles. The average Bonchev–Trinajstić information content (AvgIpc) is 3.50. The zero-order valence-corrected chi connectivity index (χ0v) is 21.6. The van der Waals surface area contributed by atoms with Crippen molar-refractivity contribution in [2.45, 2.75) is 19.0 Å². The quantitative estimate of drug-likeness (QED) is 0.248. The molecule has 4 aromatic rings. The number of ether oxygens (including phenoxy) is 1. The van der Waals surface area contributed by atoms with Crippen LogP contribution in [0.5, 0.6) is 0 Å². The van der Waals surface area contributed by atoms with Gasteiger partial charge >= 0.3 is 5.97 Å². The Morgan fingerprint density at radius 2 is 1.89 bits per heavy atom. The first-order valence-corrected chi connectivity index (χ1v) is 12.3. The molecule has 2 atom stereocenters. The van der Waals surface area contributed by atoms with Gasteiger partial charge in [-0.05, 0) is 79.3 Å². The van der Waals surface area contributed by atoms with E-state index in [1.54, 1.807) is 12.3 Å². The smallest absolute Gasteiger partial charge is 0.339 e. The van der Waals surface area contributed by atoms with Gasteiger partial charge in [0.05, 0.1) is 30.1 Å². The highest BCUT2D eigenvalue weighted by atomic mass is 79.9. The van der Waals surface area contributed by atoms with Crippen molar-refractivity contribution in [3.63, 3.8) is 0 Å². The molecular formula is C27H23BrN4O2S. The molecule has 0 radical (unpaired) electrons. The lowest BCUT2D eigenvalue weighted by atomic mass is 10.00. The van der Waals surface area contributed by atoms with Crippen LogP contribution in [-0.2, 0) is 4.74 Å². The number of aromatic nitrogens is 2. The number of aryl methyl sites for hydroxylation is 1. The summed E-state index contributed by atoms with van der Waals surface area (Å²) in [6.07, 6.45) is 3.74. The number of esters is 1. The van der Waals surface area contributed by atoms with Crippen LogP contribution in [0.2, 0.25) is 0 Å². The van der Waals surface area contributed by atoms with Crippen LogP contribution in [0.3, 0.4) is 0 Å². The highest BCUT2D eigenvalue weighted by Crippen LogP contribution is 2.43. The fourth-order valence-electron chi connectivity index (χ4n) is 4.53. The summed E-state index contributed by atoms with van der Waals surface area (Å²) in [5.74, 6) is -0.387. The van der Waals surface area contributed by atoms with Gasteiger partial charge < -0.3 is 19.5 Å². The molecule has 3 heterocycles. The topological polar surface area (TPSA) is 59.4 Å². The minimum absolute atomic E-state index is 0.202. The van der Waals surface area contributed by atoms with Gasteiger partial charge in [0, 0.05) is 28.2 Å². The molecule has 0 saturated carbocycles. The van der Waals surface area contributed by atoms with E-state index in [0.29, 0.717) is 10.7 Å². The van der Waals surface area contributed by atoms with Gasteiger partial charge in [0.25, 0.3) is 0 Å². The predicted octanol–water partition coefficient (Wildman–Crippen LogP) is 5.91. The molecule has 0 bridgehead atoms. The third-order valence-corrected chi connectivity index (χ3v) is 7.37. The summed E-state index contributed by atoms with van der Waals surface area (Å²) in [6, 6.07) is 23.1. The van der Waals surface area contributed by atoms with Crippen molar-refractivity contribution in [1.29, 1.82) is 0 Å². The molecule has 8 heteroatoms. The number of methoxy groups -OCH3 is 1. The Morgan fingerprint density at radius 1 is 1.09 bits per heavy atom. The maximum absolute atomic E-state index is 12.6. The molecule has 0 aliphatic carbocycles. The standard InChI is InChI=1S/C27H23BrN4O2S/c1-17-16-18(12-13-20(17)28)32-25(24(30-27(32)35)21-9-5-6-14-29-21)23-11-7-15-31(23)22-10-4-3-8-19(22)26(33)34-2/h3-16,24-25H,1-2H3,(H,30,35)/t24-,25-/m0/s1. The number of nitrogens with one attached hydrogen (secondary N) is 1. The maximum atomic E-state index is 12.6. The first-order valence-electron chi connectivity index (χ1n) is 11.1. The SMILES string of the molecule is COC(=O)c1ccccc1-n1cccc1[C@H]1[C@H](c2ccccn2)NC(=S)N1c1ccc(Br)c(C)c1. The molecule has 1 aliphatic heterocycles. The number of rotatable bonds is 5. The van der Waals surface area contributed by atoms with Crippen LogP contribution in [0, 0.1) is 6.92 Å². The number of benzene rings is 2. The summed E-state index contributed by atoms with van der Waals surface area (Å²) in [5, 5.41) is 4.11. The van der Waals surface area contributed by atoms with Gasteiger partial charge in [-0.3, -0.25) is 4.98 Å². The predicted molar refractivity (Wildman–Crippen MR) is 144 cm³/mol. The van der Waals surface area contributed by atoms with E-state index in [2.05, 4.69) is 56.3 Å². The molecule has 0 amide bonds. The molecule has 35 heavy (non-hydrogen) atoms. The van der Waals surface area contributed by atoms with Crippen LogP contribution < -0.4 is 10.2 Å². The molecule has 0 spiro atoms. The summed E-state index contributed by atoms with van der Waals surface area (Å²) in [6.45, 7) is 2.06. The lowest BCUT2D eigenvalue weighted by Gasteiger charge is -2.29. The van der Waals surface area contributed by atoms with E-state index >= 15 is 0 Å². The summed E-state index contributed by atoms with van der Waals surface area (Å²) in [4.78, 5) is 19.3. The van der Waals surface area contributed by atoms with Crippen molar-refractivity contribution in [2.24, 2.45) is 0 Å². The number of carbonyl (C=O) groups excluding carboxylic acids is 1. The summed E-state index contributed by atoms with van der Waals surface area (Å²) in [5.41, 5.74) is 5.15. The van der Waals surface area contributed by atoms with Crippen molar-refractivity contribution in [3.05, 3.63) is 112 Å². The fraction of sp³-hybridized carbons (Fsp3) is 0.148. The molecule has 6 nitrogen and oxygen atoms in total. The average molecular weight is 547 g/mol. The van der Waals surface area contributed by atoms with E-state index in [1.807, 2.05) is 59.3 Å². The van der Waals surface area contributed by atoms with Gasteiger partial charge in [0.15, 0.2) is 5.11 Å². The lowest BCUT2D eigenvalue weighted by molar-refractivity contribution is 0.0600. The van der Waals surface area contributed by atoms with Gasteiger partial charge in [-0.15, -0.1) is 0 Å². The largest absolute Gasteiger partial charge is 0.465 e. The molecule has 2 aromatic heterocycles. The zero-order valence-electron chi connectivity index (χ0n) is 19.2. The second-order valence-corrected chi connectivity index (χ2v) is 9.48. The molecule has 1 aliphatic rings. The number of nitrogens with zero attached hydrogens (tertiary/aromatic N) is 3.